The van der Waals surface area contributed by atoms with Crippen molar-refractivity contribution in [1.82, 2.24) is 5.32 Å². The van der Waals surface area contributed by atoms with Gasteiger partial charge in [-0.1, -0.05) is 6.07 Å². The number of nitrogens with one attached hydrogen (secondary N) is 1. The Morgan fingerprint density at radius 3 is 2.88 bits per heavy atom. The average molecular weight is 250 g/mol. The first-order valence-electron chi connectivity index (χ1n) is 6.28. The van der Waals surface area contributed by atoms with Crippen LogP contribution in [-0.2, 0) is 0 Å². The van der Waals surface area contributed by atoms with Crippen molar-refractivity contribution in [3.63, 3.8) is 0 Å². The van der Waals surface area contributed by atoms with Crippen LogP contribution < -0.4 is 10.2 Å². The fourth-order valence-corrected chi connectivity index (χ4v) is 3.77. The molecule has 0 aromatic heterocycles. The zero-order chi connectivity index (χ0) is 12.4. The zero-order valence-corrected chi connectivity index (χ0v) is 12.0. The Balaban J connectivity index is 2.36. The van der Waals surface area contributed by atoms with Crippen LogP contribution >= 0.6 is 11.8 Å². The molecular formula is C14H22N2S. The van der Waals surface area contributed by atoms with Crippen LogP contribution in [0.15, 0.2) is 17.0 Å². The van der Waals surface area contributed by atoms with Gasteiger partial charge >= 0.3 is 0 Å². The van der Waals surface area contributed by atoms with E-state index < -0.39 is 0 Å². The van der Waals surface area contributed by atoms with Crippen molar-refractivity contribution in [2.24, 2.45) is 0 Å². The Labute approximate surface area is 109 Å². The zero-order valence-electron chi connectivity index (χ0n) is 11.2. The van der Waals surface area contributed by atoms with Gasteiger partial charge in [0, 0.05) is 29.8 Å². The summed E-state index contributed by atoms with van der Waals surface area (Å²) < 4.78 is 0. The fraction of sp³-hybridized carbons (Fsp3) is 0.571. The molecule has 0 saturated carbocycles. The lowest BCUT2D eigenvalue weighted by Crippen LogP contribution is -2.41. The summed E-state index contributed by atoms with van der Waals surface area (Å²) in [4.78, 5) is 4.01. The maximum atomic E-state index is 3.25. The van der Waals surface area contributed by atoms with Crippen molar-refractivity contribution in [3.8, 4) is 0 Å². The average Bonchev–Trinajstić information content (AvgIpc) is 2.28. The highest BCUT2D eigenvalue weighted by molar-refractivity contribution is 7.99. The van der Waals surface area contributed by atoms with E-state index in [0.717, 1.165) is 13.1 Å². The number of likely N-dealkylation sites (N-methyl/N-ethyl adjacent to an activating group) is 1. The lowest BCUT2D eigenvalue weighted by Gasteiger charge is -2.38. The smallest absolute Gasteiger partial charge is 0.0537 e. The van der Waals surface area contributed by atoms with Gasteiger partial charge in [0.05, 0.1) is 5.69 Å². The second-order valence-corrected chi connectivity index (χ2v) is 5.95. The van der Waals surface area contributed by atoms with E-state index in [-0.39, 0.29) is 0 Å². The van der Waals surface area contributed by atoms with Crippen LogP contribution in [0.4, 0.5) is 5.69 Å². The molecule has 1 aromatic rings. The minimum atomic E-state index is 0.627. The third-order valence-electron chi connectivity index (χ3n) is 3.31. The SMILES string of the molecule is CNCCN1c2c(C)cc(C)cc2SCC1C. The molecule has 1 N–H and O–H groups in total. The molecule has 2 nitrogen and oxygen atoms in total. The Morgan fingerprint density at radius 2 is 2.18 bits per heavy atom. The van der Waals surface area contributed by atoms with Gasteiger partial charge in [-0.2, -0.15) is 0 Å². The van der Waals surface area contributed by atoms with Gasteiger partial charge in [0.15, 0.2) is 0 Å². The molecule has 1 unspecified atom stereocenters. The molecule has 1 atom stereocenters. The standard InChI is InChI=1S/C14H22N2S/c1-10-7-11(2)14-13(8-10)17-9-12(3)16(14)6-5-15-4/h7-8,12,15H,5-6,9H2,1-4H3. The summed E-state index contributed by atoms with van der Waals surface area (Å²) in [6.45, 7) is 8.88. The van der Waals surface area contributed by atoms with Gasteiger partial charge in [-0.25, -0.2) is 0 Å². The quantitative estimate of drug-likeness (QED) is 0.888. The van der Waals surface area contributed by atoms with Crippen LogP contribution in [0.1, 0.15) is 18.1 Å². The molecule has 1 aliphatic heterocycles. The first kappa shape index (κ1) is 12.8. The molecule has 17 heavy (non-hydrogen) atoms. The Hall–Kier alpha value is -0.670. The predicted molar refractivity (Wildman–Crippen MR) is 77.4 cm³/mol. The third kappa shape index (κ3) is 2.61. The summed E-state index contributed by atoms with van der Waals surface area (Å²) in [5.41, 5.74) is 4.24. The lowest BCUT2D eigenvalue weighted by atomic mass is 10.1. The molecule has 94 valence electrons. The number of benzene rings is 1. The highest BCUT2D eigenvalue weighted by Gasteiger charge is 2.24. The van der Waals surface area contributed by atoms with Crippen molar-refractivity contribution in [3.05, 3.63) is 23.3 Å². The van der Waals surface area contributed by atoms with E-state index in [1.54, 1.807) is 0 Å². The summed E-state index contributed by atoms with van der Waals surface area (Å²) in [5, 5.41) is 3.25. The van der Waals surface area contributed by atoms with Crippen LogP contribution in [0, 0.1) is 13.8 Å². The molecule has 0 amide bonds. The molecule has 0 aliphatic carbocycles. The van der Waals surface area contributed by atoms with E-state index in [9.17, 15) is 0 Å². The number of rotatable bonds is 3. The molecule has 0 saturated heterocycles. The van der Waals surface area contributed by atoms with Crippen LogP contribution in [0.5, 0.6) is 0 Å². The highest BCUT2D eigenvalue weighted by Crippen LogP contribution is 2.40. The van der Waals surface area contributed by atoms with Crippen molar-refractivity contribution >= 4 is 17.4 Å². The number of hydrogen-bond acceptors (Lipinski definition) is 3. The van der Waals surface area contributed by atoms with Crippen LogP contribution in [-0.4, -0.2) is 31.9 Å². The first-order chi connectivity index (χ1) is 8.13. The Bertz CT molecular complexity index is 403. The van der Waals surface area contributed by atoms with E-state index in [0.29, 0.717) is 6.04 Å². The number of fused-ring (bicyclic) bond motifs is 1. The highest BCUT2D eigenvalue weighted by atomic mass is 32.2. The summed E-state index contributed by atoms with van der Waals surface area (Å²) in [6, 6.07) is 5.25. The first-order valence-corrected chi connectivity index (χ1v) is 7.27. The molecule has 0 bridgehead atoms. The maximum Gasteiger partial charge on any atom is 0.0537 e. The third-order valence-corrected chi connectivity index (χ3v) is 4.58. The maximum absolute atomic E-state index is 3.25. The molecule has 2 rings (SSSR count). The molecule has 0 fully saturated rings. The number of hydrogen-bond donors (Lipinski definition) is 1. The van der Waals surface area contributed by atoms with Gasteiger partial charge in [0.2, 0.25) is 0 Å². The minimum Gasteiger partial charge on any atom is -0.366 e. The Kier molecular flexibility index (Phi) is 4.00. The lowest BCUT2D eigenvalue weighted by molar-refractivity contribution is 0.646. The van der Waals surface area contributed by atoms with Crippen LogP contribution in [0.25, 0.3) is 0 Å². The van der Waals surface area contributed by atoms with Crippen molar-refractivity contribution in [2.75, 3.05) is 30.8 Å². The number of anilines is 1. The summed E-state index contributed by atoms with van der Waals surface area (Å²) in [5.74, 6) is 1.19. The second kappa shape index (κ2) is 5.32. The van der Waals surface area contributed by atoms with Crippen molar-refractivity contribution in [1.29, 1.82) is 0 Å². The summed E-state index contributed by atoms with van der Waals surface area (Å²) in [6.07, 6.45) is 0. The molecule has 1 aromatic carbocycles. The molecule has 3 heteroatoms. The minimum absolute atomic E-state index is 0.627. The van der Waals surface area contributed by atoms with Gasteiger partial charge in [-0.3, -0.25) is 0 Å². The van der Waals surface area contributed by atoms with Crippen LogP contribution in [0.3, 0.4) is 0 Å². The van der Waals surface area contributed by atoms with Gasteiger partial charge in [0.25, 0.3) is 0 Å². The fourth-order valence-electron chi connectivity index (χ4n) is 2.48. The van der Waals surface area contributed by atoms with Gasteiger partial charge < -0.3 is 10.2 Å². The van der Waals surface area contributed by atoms with E-state index in [1.165, 1.54) is 27.5 Å². The van der Waals surface area contributed by atoms with E-state index in [2.05, 4.69) is 43.1 Å². The summed E-state index contributed by atoms with van der Waals surface area (Å²) >= 11 is 2.00. The monoisotopic (exact) mass is 250 g/mol. The molecule has 1 heterocycles. The van der Waals surface area contributed by atoms with Gasteiger partial charge in [-0.05, 0) is 45.0 Å². The van der Waals surface area contributed by atoms with E-state index in [1.807, 2.05) is 18.8 Å². The number of aryl methyl sites for hydroxylation is 2. The molecule has 0 radical (unpaired) electrons. The number of nitrogens with zero attached hydrogens (tertiary/aromatic N) is 1. The van der Waals surface area contributed by atoms with Crippen molar-refractivity contribution < 1.29 is 0 Å². The Morgan fingerprint density at radius 1 is 1.41 bits per heavy atom. The predicted octanol–water partition coefficient (Wildman–Crippen LogP) is 2.82. The van der Waals surface area contributed by atoms with E-state index in [4.69, 9.17) is 0 Å². The molecular weight excluding hydrogens is 228 g/mol. The molecule has 0 spiro atoms. The second-order valence-electron chi connectivity index (χ2n) is 4.89. The summed E-state index contributed by atoms with van der Waals surface area (Å²) in [7, 11) is 2.02. The number of thioether (sulfide) groups is 1. The van der Waals surface area contributed by atoms with Gasteiger partial charge in [-0.15, -0.1) is 11.8 Å². The van der Waals surface area contributed by atoms with Crippen molar-refractivity contribution in [2.45, 2.75) is 31.7 Å². The van der Waals surface area contributed by atoms with Crippen LogP contribution in [0.2, 0.25) is 0 Å². The topological polar surface area (TPSA) is 15.3 Å². The largest absolute Gasteiger partial charge is 0.366 e. The van der Waals surface area contributed by atoms with E-state index >= 15 is 0 Å². The molecule has 1 aliphatic rings. The van der Waals surface area contributed by atoms with Gasteiger partial charge in [0.1, 0.15) is 0 Å². The normalized spacial score (nSPS) is 19.3.